The molecule has 0 fully saturated rings. The van der Waals surface area contributed by atoms with Crippen LogP contribution in [0.3, 0.4) is 0 Å². The van der Waals surface area contributed by atoms with E-state index in [0.29, 0.717) is 6.04 Å². The van der Waals surface area contributed by atoms with Crippen LogP contribution in [0.4, 0.5) is 0 Å². The van der Waals surface area contributed by atoms with E-state index in [0.717, 1.165) is 38.2 Å². The predicted molar refractivity (Wildman–Crippen MR) is 78.1 cm³/mol. The minimum atomic E-state index is 0.478. The van der Waals surface area contributed by atoms with Gasteiger partial charge in [-0.05, 0) is 44.9 Å². The maximum Gasteiger partial charge on any atom is 0.119 e. The van der Waals surface area contributed by atoms with Gasteiger partial charge < -0.3 is 10.1 Å². The number of para-hydroxylation sites is 1. The summed E-state index contributed by atoms with van der Waals surface area (Å²) in [6.07, 6.45) is 3.20. The first kappa shape index (κ1) is 14.8. The van der Waals surface area contributed by atoms with Crippen LogP contribution in [0.25, 0.3) is 0 Å². The highest BCUT2D eigenvalue weighted by molar-refractivity contribution is 5.20. The Labute approximate surface area is 111 Å². The highest BCUT2D eigenvalue weighted by Crippen LogP contribution is 2.11. The van der Waals surface area contributed by atoms with Gasteiger partial charge in [-0.3, -0.25) is 0 Å². The van der Waals surface area contributed by atoms with E-state index < -0.39 is 0 Å². The van der Waals surface area contributed by atoms with Crippen LogP contribution in [0.2, 0.25) is 0 Å². The molecule has 0 aliphatic heterocycles. The van der Waals surface area contributed by atoms with Crippen LogP contribution in [0.1, 0.15) is 33.1 Å². The molecular weight excluding hydrogens is 222 g/mol. The third-order valence-corrected chi connectivity index (χ3v) is 2.76. The molecule has 18 heavy (non-hydrogen) atoms. The Balaban J connectivity index is 2.30. The summed E-state index contributed by atoms with van der Waals surface area (Å²) in [6.45, 7) is 10.1. The fourth-order valence-electron chi connectivity index (χ4n) is 1.88. The summed E-state index contributed by atoms with van der Waals surface area (Å²) in [5.41, 5.74) is 1.23. The van der Waals surface area contributed by atoms with Crippen molar-refractivity contribution in [2.45, 2.75) is 39.2 Å². The zero-order chi connectivity index (χ0) is 13.2. The summed E-state index contributed by atoms with van der Waals surface area (Å²) in [4.78, 5) is 0. The molecule has 0 aliphatic rings. The largest absolute Gasteiger partial charge is 0.494 e. The third-order valence-electron chi connectivity index (χ3n) is 2.76. The van der Waals surface area contributed by atoms with Crippen molar-refractivity contribution < 1.29 is 4.74 Å². The van der Waals surface area contributed by atoms with Gasteiger partial charge in [-0.2, -0.15) is 0 Å². The fourth-order valence-corrected chi connectivity index (χ4v) is 1.88. The van der Waals surface area contributed by atoms with Crippen molar-refractivity contribution in [3.63, 3.8) is 0 Å². The molecule has 0 bridgehead atoms. The third kappa shape index (κ3) is 6.45. The lowest BCUT2D eigenvalue weighted by atomic mass is 10.1. The summed E-state index contributed by atoms with van der Waals surface area (Å²) >= 11 is 0. The van der Waals surface area contributed by atoms with Crippen molar-refractivity contribution >= 4 is 0 Å². The second-order valence-electron chi connectivity index (χ2n) is 4.76. The summed E-state index contributed by atoms with van der Waals surface area (Å²) in [7, 11) is 0. The molecule has 2 nitrogen and oxygen atoms in total. The van der Waals surface area contributed by atoms with Gasteiger partial charge in [-0.1, -0.05) is 30.7 Å². The molecule has 100 valence electrons. The molecule has 0 aliphatic carbocycles. The van der Waals surface area contributed by atoms with E-state index in [1.807, 2.05) is 30.3 Å². The Morgan fingerprint density at radius 1 is 1.33 bits per heavy atom. The molecule has 0 spiro atoms. The van der Waals surface area contributed by atoms with Gasteiger partial charge in [0.2, 0.25) is 0 Å². The lowest BCUT2D eigenvalue weighted by Gasteiger charge is -2.18. The van der Waals surface area contributed by atoms with Crippen molar-refractivity contribution in [2.75, 3.05) is 13.2 Å². The Kier molecular flexibility index (Phi) is 7.19. The van der Waals surface area contributed by atoms with Gasteiger partial charge in [0.1, 0.15) is 5.75 Å². The predicted octanol–water partition coefficient (Wildman–Crippen LogP) is 3.79. The van der Waals surface area contributed by atoms with Crippen LogP contribution in [0, 0.1) is 0 Å². The second-order valence-corrected chi connectivity index (χ2v) is 4.76. The van der Waals surface area contributed by atoms with Crippen molar-refractivity contribution in [3.8, 4) is 5.75 Å². The summed E-state index contributed by atoms with van der Waals surface area (Å²) in [6, 6.07) is 10.5. The topological polar surface area (TPSA) is 21.3 Å². The van der Waals surface area contributed by atoms with E-state index in [4.69, 9.17) is 4.74 Å². The first-order valence-electron chi connectivity index (χ1n) is 6.78. The van der Waals surface area contributed by atoms with E-state index in [9.17, 15) is 0 Å². The molecule has 0 aromatic heterocycles. The summed E-state index contributed by atoms with van der Waals surface area (Å²) in [5, 5.41) is 3.55. The molecule has 0 saturated carbocycles. The van der Waals surface area contributed by atoms with Crippen LogP contribution < -0.4 is 10.1 Å². The normalized spacial score (nSPS) is 12.1. The number of benzene rings is 1. The van der Waals surface area contributed by atoms with E-state index in [1.54, 1.807) is 0 Å². The molecule has 0 radical (unpaired) electrons. The SMILES string of the molecule is C=C(C)CC(CCOc1ccccc1)NCCC. The van der Waals surface area contributed by atoms with Crippen molar-refractivity contribution in [1.29, 1.82) is 0 Å². The minimum Gasteiger partial charge on any atom is -0.494 e. The first-order valence-corrected chi connectivity index (χ1v) is 6.78. The van der Waals surface area contributed by atoms with Crippen LogP contribution >= 0.6 is 0 Å². The van der Waals surface area contributed by atoms with Crippen molar-refractivity contribution in [1.82, 2.24) is 5.32 Å². The zero-order valence-electron chi connectivity index (χ0n) is 11.6. The molecule has 1 unspecified atom stereocenters. The molecule has 0 saturated heterocycles. The standard InChI is InChI=1S/C16H25NO/c1-4-11-17-15(13-14(2)3)10-12-18-16-8-6-5-7-9-16/h5-9,15,17H,2,4,10-13H2,1,3H3. The molecule has 1 rings (SSSR count). The van der Waals surface area contributed by atoms with E-state index in [1.165, 1.54) is 5.57 Å². The second kappa shape index (κ2) is 8.76. The Hall–Kier alpha value is -1.28. The molecule has 0 heterocycles. The van der Waals surface area contributed by atoms with Crippen LogP contribution in [0.5, 0.6) is 5.75 Å². The van der Waals surface area contributed by atoms with Crippen molar-refractivity contribution in [3.05, 3.63) is 42.5 Å². The van der Waals surface area contributed by atoms with Crippen molar-refractivity contribution in [2.24, 2.45) is 0 Å². The molecule has 2 heteroatoms. The molecule has 1 N–H and O–H groups in total. The fraction of sp³-hybridized carbons (Fsp3) is 0.500. The Bertz CT molecular complexity index is 334. The number of rotatable bonds is 9. The highest BCUT2D eigenvalue weighted by atomic mass is 16.5. The Morgan fingerprint density at radius 2 is 2.06 bits per heavy atom. The lowest BCUT2D eigenvalue weighted by molar-refractivity contribution is 0.284. The quantitative estimate of drug-likeness (QED) is 0.670. The maximum absolute atomic E-state index is 5.73. The molecule has 0 amide bonds. The van der Waals surface area contributed by atoms with E-state index >= 15 is 0 Å². The van der Waals surface area contributed by atoms with Gasteiger partial charge in [0, 0.05) is 6.04 Å². The summed E-state index contributed by atoms with van der Waals surface area (Å²) in [5.74, 6) is 0.946. The van der Waals surface area contributed by atoms with Gasteiger partial charge >= 0.3 is 0 Å². The average molecular weight is 247 g/mol. The van der Waals surface area contributed by atoms with Gasteiger partial charge in [-0.25, -0.2) is 0 Å². The smallest absolute Gasteiger partial charge is 0.119 e. The number of hydrogen-bond donors (Lipinski definition) is 1. The molecule has 1 atom stereocenters. The molecular formula is C16H25NO. The minimum absolute atomic E-state index is 0.478. The average Bonchev–Trinajstić information content (AvgIpc) is 2.36. The van der Waals surface area contributed by atoms with Crippen LogP contribution in [-0.2, 0) is 0 Å². The maximum atomic E-state index is 5.73. The first-order chi connectivity index (χ1) is 8.72. The van der Waals surface area contributed by atoms with Gasteiger partial charge in [0.05, 0.1) is 6.61 Å². The van der Waals surface area contributed by atoms with Gasteiger partial charge in [0.25, 0.3) is 0 Å². The van der Waals surface area contributed by atoms with Gasteiger partial charge in [0.15, 0.2) is 0 Å². The monoisotopic (exact) mass is 247 g/mol. The van der Waals surface area contributed by atoms with Gasteiger partial charge in [-0.15, -0.1) is 6.58 Å². The number of hydrogen-bond acceptors (Lipinski definition) is 2. The summed E-state index contributed by atoms with van der Waals surface area (Å²) < 4.78 is 5.73. The van der Waals surface area contributed by atoms with E-state index in [2.05, 4.69) is 25.7 Å². The highest BCUT2D eigenvalue weighted by Gasteiger charge is 2.07. The number of nitrogens with one attached hydrogen (secondary N) is 1. The molecule has 1 aromatic carbocycles. The van der Waals surface area contributed by atoms with Crippen LogP contribution in [-0.4, -0.2) is 19.2 Å². The Morgan fingerprint density at radius 3 is 2.67 bits per heavy atom. The van der Waals surface area contributed by atoms with Crippen LogP contribution in [0.15, 0.2) is 42.5 Å². The van der Waals surface area contributed by atoms with E-state index in [-0.39, 0.29) is 0 Å². The number of ether oxygens (including phenoxy) is 1. The lowest BCUT2D eigenvalue weighted by Crippen LogP contribution is -2.31. The molecule has 1 aromatic rings. The zero-order valence-corrected chi connectivity index (χ0v) is 11.6.